The number of nitrogens with one attached hydrogen (secondary N) is 1. The minimum atomic E-state index is -4.72. The molecule has 0 saturated heterocycles. The number of aromatic nitrogens is 2. The summed E-state index contributed by atoms with van der Waals surface area (Å²) in [4.78, 5) is 18.1. The van der Waals surface area contributed by atoms with Crippen LogP contribution in [0.4, 0.5) is 18.0 Å². The van der Waals surface area contributed by atoms with Gasteiger partial charge in [0.25, 0.3) is 0 Å². The van der Waals surface area contributed by atoms with Gasteiger partial charge in [0, 0.05) is 39.0 Å². The van der Waals surface area contributed by atoms with Gasteiger partial charge in [0.1, 0.15) is 11.4 Å². The summed E-state index contributed by atoms with van der Waals surface area (Å²) in [7, 11) is 1.61. The molecule has 9 heteroatoms. The first kappa shape index (κ1) is 19.5. The molecule has 0 radical (unpaired) electrons. The van der Waals surface area contributed by atoms with Gasteiger partial charge in [0.05, 0.1) is 5.69 Å². The molecule has 0 aliphatic rings. The molecule has 6 nitrogen and oxygen atoms in total. The standard InChI is InChI=1S/C19H19F3N4O2/c1-25(12-14-5-7-16(8-6-14)28-19(20,21)22)18(27)23-10-9-15-13-26-11-3-2-4-17(26)24-15/h2-8,11,13H,9-10,12H2,1H3,(H,23,27). The van der Waals surface area contributed by atoms with Crippen LogP contribution in [-0.2, 0) is 13.0 Å². The number of alkyl halides is 3. The van der Waals surface area contributed by atoms with Crippen molar-refractivity contribution in [3.05, 3.63) is 66.1 Å². The number of halogens is 3. The van der Waals surface area contributed by atoms with Crippen LogP contribution in [0.3, 0.4) is 0 Å². The van der Waals surface area contributed by atoms with Gasteiger partial charge in [0.2, 0.25) is 0 Å². The average molecular weight is 392 g/mol. The van der Waals surface area contributed by atoms with E-state index in [9.17, 15) is 18.0 Å². The van der Waals surface area contributed by atoms with Crippen molar-refractivity contribution in [3.63, 3.8) is 0 Å². The molecule has 0 atom stereocenters. The third-order valence-electron chi connectivity index (χ3n) is 3.99. The fourth-order valence-corrected chi connectivity index (χ4v) is 2.68. The molecule has 2 aromatic heterocycles. The van der Waals surface area contributed by atoms with Gasteiger partial charge in [-0.2, -0.15) is 0 Å². The molecule has 0 fully saturated rings. The van der Waals surface area contributed by atoms with Crippen LogP contribution in [0.1, 0.15) is 11.3 Å². The summed E-state index contributed by atoms with van der Waals surface area (Å²) in [5.74, 6) is -0.296. The molecule has 148 valence electrons. The second-order valence-electron chi connectivity index (χ2n) is 6.23. The molecule has 28 heavy (non-hydrogen) atoms. The molecular formula is C19H19F3N4O2. The van der Waals surface area contributed by atoms with Crippen molar-refractivity contribution in [1.29, 1.82) is 0 Å². The third-order valence-corrected chi connectivity index (χ3v) is 3.99. The maximum atomic E-state index is 12.2. The Morgan fingerprint density at radius 1 is 1.21 bits per heavy atom. The third kappa shape index (κ3) is 5.38. The zero-order valence-electron chi connectivity index (χ0n) is 15.1. The molecular weight excluding hydrogens is 373 g/mol. The van der Waals surface area contributed by atoms with Crippen LogP contribution in [0.5, 0.6) is 5.75 Å². The van der Waals surface area contributed by atoms with Gasteiger partial charge in [-0.25, -0.2) is 9.78 Å². The number of hydrogen-bond donors (Lipinski definition) is 1. The van der Waals surface area contributed by atoms with Crippen LogP contribution in [0, 0.1) is 0 Å². The lowest BCUT2D eigenvalue weighted by molar-refractivity contribution is -0.274. The molecule has 3 rings (SSSR count). The number of imidazole rings is 1. The summed E-state index contributed by atoms with van der Waals surface area (Å²) in [5.41, 5.74) is 2.40. The molecule has 0 aliphatic carbocycles. The van der Waals surface area contributed by atoms with Crippen molar-refractivity contribution in [2.45, 2.75) is 19.3 Å². The molecule has 0 aliphatic heterocycles. The maximum Gasteiger partial charge on any atom is 0.573 e. The number of amides is 2. The largest absolute Gasteiger partial charge is 0.573 e. The van der Waals surface area contributed by atoms with Gasteiger partial charge in [-0.1, -0.05) is 18.2 Å². The van der Waals surface area contributed by atoms with Crippen LogP contribution in [0.2, 0.25) is 0 Å². The van der Waals surface area contributed by atoms with Crippen molar-refractivity contribution in [2.75, 3.05) is 13.6 Å². The Morgan fingerprint density at radius 3 is 2.64 bits per heavy atom. The zero-order chi connectivity index (χ0) is 20.1. The van der Waals surface area contributed by atoms with Crippen molar-refractivity contribution in [2.24, 2.45) is 0 Å². The Bertz CT molecular complexity index is 905. The van der Waals surface area contributed by atoms with Crippen LogP contribution < -0.4 is 10.1 Å². The lowest BCUT2D eigenvalue weighted by Gasteiger charge is -2.18. The molecule has 3 aromatic rings. The summed E-state index contributed by atoms with van der Waals surface area (Å²) in [5, 5.41) is 2.80. The van der Waals surface area contributed by atoms with Crippen LogP contribution in [0.25, 0.3) is 5.65 Å². The topological polar surface area (TPSA) is 58.9 Å². The SMILES string of the molecule is CN(Cc1ccc(OC(F)(F)F)cc1)C(=O)NCCc1cn2ccccc2n1. The number of benzene rings is 1. The van der Waals surface area contributed by atoms with E-state index in [1.807, 2.05) is 35.0 Å². The highest BCUT2D eigenvalue weighted by atomic mass is 19.4. The first-order valence-corrected chi connectivity index (χ1v) is 8.56. The van der Waals surface area contributed by atoms with E-state index in [4.69, 9.17) is 0 Å². The zero-order valence-corrected chi connectivity index (χ0v) is 15.1. The normalized spacial score (nSPS) is 11.4. The average Bonchev–Trinajstić information content (AvgIpc) is 3.04. The van der Waals surface area contributed by atoms with E-state index in [-0.39, 0.29) is 18.3 Å². The van der Waals surface area contributed by atoms with E-state index in [2.05, 4.69) is 15.0 Å². The van der Waals surface area contributed by atoms with E-state index in [1.165, 1.54) is 29.2 Å². The molecule has 1 aromatic carbocycles. The summed E-state index contributed by atoms with van der Waals surface area (Å²) in [6.07, 6.45) is -0.317. The monoisotopic (exact) mass is 392 g/mol. The van der Waals surface area contributed by atoms with Crippen LogP contribution in [0.15, 0.2) is 54.9 Å². The van der Waals surface area contributed by atoms with Crippen LogP contribution >= 0.6 is 0 Å². The lowest BCUT2D eigenvalue weighted by Crippen LogP contribution is -2.37. The number of urea groups is 1. The minimum Gasteiger partial charge on any atom is -0.406 e. The number of fused-ring (bicyclic) bond motifs is 1. The summed E-state index contributed by atoms with van der Waals surface area (Å²) >= 11 is 0. The number of carbonyl (C=O) groups excluding carboxylic acids is 1. The van der Waals surface area contributed by atoms with Gasteiger partial charge in [-0.05, 0) is 29.8 Å². The molecule has 2 heterocycles. The fraction of sp³-hybridized carbons (Fsp3) is 0.263. The second-order valence-corrected chi connectivity index (χ2v) is 6.23. The minimum absolute atomic E-state index is 0.256. The van der Waals surface area contributed by atoms with Crippen molar-refractivity contribution >= 4 is 11.7 Å². The highest BCUT2D eigenvalue weighted by molar-refractivity contribution is 5.73. The molecule has 0 bridgehead atoms. The Kier molecular flexibility index (Phi) is 5.72. The predicted molar refractivity (Wildman–Crippen MR) is 96.9 cm³/mol. The summed E-state index contributed by atoms with van der Waals surface area (Å²) < 4.78 is 42.2. The van der Waals surface area contributed by atoms with Crippen LogP contribution in [-0.4, -0.2) is 40.3 Å². The van der Waals surface area contributed by atoms with Crippen molar-refractivity contribution in [1.82, 2.24) is 19.6 Å². The first-order chi connectivity index (χ1) is 13.3. The number of rotatable bonds is 6. The Balaban J connectivity index is 1.46. The van der Waals surface area contributed by atoms with E-state index in [0.717, 1.165) is 11.3 Å². The molecule has 0 saturated carbocycles. The Morgan fingerprint density at radius 2 is 1.96 bits per heavy atom. The highest BCUT2D eigenvalue weighted by Gasteiger charge is 2.30. The van der Waals surface area contributed by atoms with Gasteiger partial charge in [0.15, 0.2) is 0 Å². The first-order valence-electron chi connectivity index (χ1n) is 8.56. The van der Waals surface area contributed by atoms with Gasteiger partial charge < -0.3 is 19.4 Å². The molecule has 2 amide bonds. The summed E-state index contributed by atoms with van der Waals surface area (Å²) in [6.45, 7) is 0.678. The Hall–Kier alpha value is -3.23. The van der Waals surface area contributed by atoms with E-state index >= 15 is 0 Å². The van der Waals surface area contributed by atoms with Gasteiger partial charge >= 0.3 is 12.4 Å². The van der Waals surface area contributed by atoms with Crippen molar-refractivity contribution < 1.29 is 22.7 Å². The van der Waals surface area contributed by atoms with Gasteiger partial charge in [-0.3, -0.25) is 0 Å². The number of ether oxygens (including phenoxy) is 1. The number of pyridine rings is 1. The number of carbonyl (C=O) groups is 1. The van der Waals surface area contributed by atoms with E-state index < -0.39 is 6.36 Å². The van der Waals surface area contributed by atoms with Gasteiger partial charge in [-0.15, -0.1) is 13.2 Å². The lowest BCUT2D eigenvalue weighted by atomic mass is 10.2. The second kappa shape index (κ2) is 8.20. The highest BCUT2D eigenvalue weighted by Crippen LogP contribution is 2.23. The smallest absolute Gasteiger partial charge is 0.406 e. The van der Waals surface area contributed by atoms with E-state index in [1.54, 1.807) is 7.05 Å². The maximum absolute atomic E-state index is 12.2. The molecule has 0 unspecified atom stereocenters. The fourth-order valence-electron chi connectivity index (χ4n) is 2.68. The molecule has 0 spiro atoms. The van der Waals surface area contributed by atoms with E-state index in [0.29, 0.717) is 18.5 Å². The number of nitrogens with zero attached hydrogens (tertiary/aromatic N) is 3. The van der Waals surface area contributed by atoms with Crippen molar-refractivity contribution in [3.8, 4) is 5.75 Å². The Labute approximate surface area is 159 Å². The predicted octanol–water partition coefficient (Wildman–Crippen LogP) is 3.62. The number of hydrogen-bond acceptors (Lipinski definition) is 3. The summed E-state index contributed by atoms with van der Waals surface area (Å²) in [6, 6.07) is 10.9. The molecule has 1 N–H and O–H groups in total. The quantitative estimate of drug-likeness (QED) is 0.697.